The molecule has 0 rings (SSSR count). The van der Waals surface area contributed by atoms with Crippen molar-refractivity contribution in [1.29, 1.82) is 0 Å². The molecule has 0 amide bonds. The first kappa shape index (κ1) is 15.7. The van der Waals surface area contributed by atoms with E-state index in [-0.39, 0.29) is 19.6 Å². The molecule has 96 valence electrons. The first-order valence-corrected chi connectivity index (χ1v) is 6.58. The van der Waals surface area contributed by atoms with Crippen LogP contribution in [0.5, 0.6) is 0 Å². The number of alkyl halides is 3. The molecule has 0 saturated heterocycles. The molecule has 0 spiro atoms. The second-order valence-electron chi connectivity index (χ2n) is 2.88. The van der Waals surface area contributed by atoms with E-state index in [0.717, 1.165) is 0 Å². The average molecular weight is 260 g/mol. The molecule has 0 unspecified atom stereocenters. The van der Waals surface area contributed by atoms with E-state index in [1.807, 2.05) is 0 Å². The Morgan fingerprint density at radius 1 is 1.19 bits per heavy atom. The highest BCUT2D eigenvalue weighted by atomic mass is 31.2. The van der Waals surface area contributed by atoms with Crippen LogP contribution in [0.25, 0.3) is 0 Å². The van der Waals surface area contributed by atoms with Crippen LogP contribution in [0.2, 0.25) is 0 Å². The summed E-state index contributed by atoms with van der Waals surface area (Å²) in [4.78, 5) is 0. The largest absolute Gasteiger partial charge is 0.412 e. The van der Waals surface area contributed by atoms with Crippen LogP contribution in [-0.2, 0) is 13.6 Å². The first-order valence-electron chi connectivity index (χ1n) is 4.96. The molecule has 0 aromatic heterocycles. The molecule has 16 heavy (non-hydrogen) atoms. The van der Waals surface area contributed by atoms with Gasteiger partial charge in [-0.2, -0.15) is 13.2 Å². The average Bonchev–Trinajstić information content (AvgIpc) is 2.13. The molecule has 0 atom stereocenters. The van der Waals surface area contributed by atoms with Crippen molar-refractivity contribution in [2.45, 2.75) is 33.4 Å². The lowest BCUT2D eigenvalue weighted by molar-refractivity contribution is -0.0935. The molecule has 0 aromatic rings. The Labute approximate surface area is 93.2 Å². The quantitative estimate of drug-likeness (QED) is 0.674. The van der Waals surface area contributed by atoms with Gasteiger partial charge >= 0.3 is 13.8 Å². The van der Waals surface area contributed by atoms with Crippen molar-refractivity contribution in [2.75, 3.05) is 13.2 Å². The minimum absolute atomic E-state index is 0.0304. The molecule has 0 saturated carbocycles. The fourth-order valence-corrected chi connectivity index (χ4v) is 2.68. The first-order chi connectivity index (χ1) is 7.29. The minimum Gasteiger partial charge on any atom is -0.306 e. The second kappa shape index (κ2) is 6.42. The Hall–Kier alpha value is -0.320. The zero-order valence-corrected chi connectivity index (χ0v) is 10.4. The van der Waals surface area contributed by atoms with Gasteiger partial charge in [0.25, 0.3) is 0 Å². The lowest BCUT2D eigenvalue weighted by atomic mass is 10.2. The molecule has 0 fully saturated rings. The SMILES string of the molecule is CCOP(=O)(/C=C(\CC)C(F)(F)F)OCC. The maximum absolute atomic E-state index is 12.4. The van der Waals surface area contributed by atoms with E-state index in [1.54, 1.807) is 13.8 Å². The fourth-order valence-electron chi connectivity index (χ4n) is 1.03. The van der Waals surface area contributed by atoms with Gasteiger partial charge in [-0.1, -0.05) is 6.92 Å². The van der Waals surface area contributed by atoms with Crippen molar-refractivity contribution in [2.24, 2.45) is 0 Å². The van der Waals surface area contributed by atoms with Gasteiger partial charge < -0.3 is 9.05 Å². The summed E-state index contributed by atoms with van der Waals surface area (Å²) in [7, 11) is -3.77. The second-order valence-corrected chi connectivity index (χ2v) is 4.74. The summed E-state index contributed by atoms with van der Waals surface area (Å²) in [5.41, 5.74) is -0.891. The molecule has 0 aliphatic heterocycles. The van der Waals surface area contributed by atoms with Gasteiger partial charge in [0.05, 0.1) is 13.2 Å². The minimum atomic E-state index is -4.50. The summed E-state index contributed by atoms with van der Waals surface area (Å²) in [5, 5.41) is 0. The lowest BCUT2D eigenvalue weighted by Gasteiger charge is -2.16. The van der Waals surface area contributed by atoms with Crippen LogP contribution in [0.4, 0.5) is 13.2 Å². The van der Waals surface area contributed by atoms with Crippen LogP contribution in [0.15, 0.2) is 11.4 Å². The van der Waals surface area contributed by atoms with Crippen LogP contribution in [0.3, 0.4) is 0 Å². The van der Waals surface area contributed by atoms with Gasteiger partial charge in [-0.15, -0.1) is 0 Å². The van der Waals surface area contributed by atoms with Gasteiger partial charge in [-0.25, -0.2) is 0 Å². The van der Waals surface area contributed by atoms with Gasteiger partial charge in [0.15, 0.2) is 0 Å². The van der Waals surface area contributed by atoms with Gasteiger partial charge in [0.1, 0.15) is 0 Å². The molecule has 0 aromatic carbocycles. The van der Waals surface area contributed by atoms with Crippen molar-refractivity contribution < 1.29 is 26.8 Å². The topological polar surface area (TPSA) is 35.5 Å². The van der Waals surface area contributed by atoms with Crippen LogP contribution >= 0.6 is 7.60 Å². The highest BCUT2D eigenvalue weighted by Gasteiger charge is 2.35. The van der Waals surface area contributed by atoms with Crippen molar-refractivity contribution >= 4 is 7.60 Å². The number of allylic oxidation sites excluding steroid dienone is 1. The molecule has 0 heterocycles. The molecular weight excluding hydrogens is 244 g/mol. The van der Waals surface area contributed by atoms with E-state index in [9.17, 15) is 17.7 Å². The highest BCUT2D eigenvalue weighted by molar-refractivity contribution is 7.57. The van der Waals surface area contributed by atoms with Crippen LogP contribution in [0, 0.1) is 0 Å². The summed E-state index contributed by atoms with van der Waals surface area (Å²) in [6.07, 6.45) is -4.77. The zero-order valence-electron chi connectivity index (χ0n) is 9.50. The molecule has 0 aliphatic rings. The molecule has 0 aliphatic carbocycles. The van der Waals surface area contributed by atoms with E-state index in [0.29, 0.717) is 5.82 Å². The Bertz CT molecular complexity index is 276. The maximum Gasteiger partial charge on any atom is 0.412 e. The third-order valence-corrected chi connectivity index (χ3v) is 3.54. The van der Waals surface area contributed by atoms with Crippen molar-refractivity contribution in [3.05, 3.63) is 11.4 Å². The molecule has 0 radical (unpaired) electrons. The molecule has 0 bridgehead atoms. The number of rotatable bonds is 6. The Balaban J connectivity index is 5.08. The summed E-state index contributed by atoms with van der Waals surface area (Å²) < 4.78 is 58.6. The van der Waals surface area contributed by atoms with Crippen molar-refractivity contribution in [3.8, 4) is 0 Å². The van der Waals surface area contributed by atoms with E-state index < -0.39 is 19.3 Å². The summed E-state index contributed by atoms with van der Waals surface area (Å²) in [6, 6.07) is 0. The number of halogens is 3. The van der Waals surface area contributed by atoms with E-state index in [1.165, 1.54) is 6.92 Å². The van der Waals surface area contributed by atoms with Crippen molar-refractivity contribution in [1.82, 2.24) is 0 Å². The fraction of sp³-hybridized carbons (Fsp3) is 0.778. The lowest BCUT2D eigenvalue weighted by Crippen LogP contribution is -2.11. The van der Waals surface area contributed by atoms with Crippen LogP contribution in [0.1, 0.15) is 27.2 Å². The third-order valence-electron chi connectivity index (χ3n) is 1.68. The van der Waals surface area contributed by atoms with Gasteiger partial charge in [-0.3, -0.25) is 4.57 Å². The third kappa shape index (κ3) is 5.14. The van der Waals surface area contributed by atoms with Crippen LogP contribution < -0.4 is 0 Å². The zero-order chi connectivity index (χ0) is 12.8. The highest BCUT2D eigenvalue weighted by Crippen LogP contribution is 2.52. The molecule has 3 nitrogen and oxygen atoms in total. The normalized spacial score (nSPS) is 14.2. The number of hydrogen-bond acceptors (Lipinski definition) is 3. The Morgan fingerprint density at radius 2 is 1.62 bits per heavy atom. The predicted molar refractivity (Wildman–Crippen MR) is 55.3 cm³/mol. The Morgan fingerprint density at radius 3 is 1.88 bits per heavy atom. The van der Waals surface area contributed by atoms with Gasteiger partial charge in [0, 0.05) is 11.4 Å². The van der Waals surface area contributed by atoms with Gasteiger partial charge in [-0.05, 0) is 20.3 Å². The Kier molecular flexibility index (Phi) is 6.30. The summed E-state index contributed by atoms with van der Waals surface area (Å²) >= 11 is 0. The van der Waals surface area contributed by atoms with E-state index in [4.69, 9.17) is 9.05 Å². The monoisotopic (exact) mass is 260 g/mol. The van der Waals surface area contributed by atoms with Crippen LogP contribution in [-0.4, -0.2) is 19.4 Å². The molecule has 7 heteroatoms. The summed E-state index contributed by atoms with van der Waals surface area (Å²) in [6.45, 7) is 4.48. The predicted octanol–water partition coefficient (Wildman–Crippen LogP) is 4.11. The molecular formula is C9H16F3O3P. The van der Waals surface area contributed by atoms with Crippen molar-refractivity contribution in [3.63, 3.8) is 0 Å². The maximum atomic E-state index is 12.4. The molecule has 0 N–H and O–H groups in total. The van der Waals surface area contributed by atoms with E-state index in [2.05, 4.69) is 0 Å². The summed E-state index contributed by atoms with van der Waals surface area (Å²) in [5.74, 6) is 0.569. The number of hydrogen-bond donors (Lipinski definition) is 0. The van der Waals surface area contributed by atoms with E-state index >= 15 is 0 Å². The smallest absolute Gasteiger partial charge is 0.306 e. The standard InChI is InChI=1S/C9H16F3O3P/c1-4-8(9(10,11)12)7-16(13,14-5-2)15-6-3/h7H,4-6H2,1-3H3/b8-7+. The van der Waals surface area contributed by atoms with Gasteiger partial charge in [0.2, 0.25) is 0 Å².